The van der Waals surface area contributed by atoms with Crippen molar-refractivity contribution in [1.29, 1.82) is 0 Å². The molecule has 0 amide bonds. The monoisotopic (exact) mass is 182 g/mol. The molecule has 0 aliphatic heterocycles. The lowest BCUT2D eigenvalue weighted by Gasteiger charge is -2.12. The minimum Gasteiger partial charge on any atom is -0.396 e. The fourth-order valence-corrected chi connectivity index (χ4v) is 2.13. The molecule has 1 rings (SSSR count). The van der Waals surface area contributed by atoms with Gasteiger partial charge in [0, 0.05) is 6.61 Å². The van der Waals surface area contributed by atoms with Crippen molar-refractivity contribution in [2.45, 2.75) is 40.5 Å². The van der Waals surface area contributed by atoms with Gasteiger partial charge in [0.2, 0.25) is 0 Å². The van der Waals surface area contributed by atoms with Crippen LogP contribution in [0.1, 0.15) is 40.5 Å². The summed E-state index contributed by atoms with van der Waals surface area (Å²) >= 11 is 0. The van der Waals surface area contributed by atoms with Crippen molar-refractivity contribution in [1.82, 2.24) is 0 Å². The summed E-state index contributed by atoms with van der Waals surface area (Å²) in [5.74, 6) is 1.23. The second-order valence-electron chi connectivity index (χ2n) is 5.11. The molecule has 1 fully saturated rings. The molecule has 3 atom stereocenters. The van der Waals surface area contributed by atoms with E-state index in [0.717, 1.165) is 5.92 Å². The standard InChI is InChI=1S/C12H22O/c1-9(2)5-6-12(4)7-11(12)10(3)8-13/h5,10-11,13H,6-8H2,1-4H3. The van der Waals surface area contributed by atoms with Gasteiger partial charge in [-0.05, 0) is 43.9 Å². The lowest BCUT2D eigenvalue weighted by molar-refractivity contribution is 0.208. The Bertz CT molecular complexity index is 203. The molecular weight excluding hydrogens is 160 g/mol. The van der Waals surface area contributed by atoms with Gasteiger partial charge in [0.25, 0.3) is 0 Å². The van der Waals surface area contributed by atoms with E-state index in [1.54, 1.807) is 0 Å². The summed E-state index contributed by atoms with van der Waals surface area (Å²) in [6.07, 6.45) is 4.80. The summed E-state index contributed by atoms with van der Waals surface area (Å²) in [4.78, 5) is 0. The van der Waals surface area contributed by atoms with Crippen molar-refractivity contribution in [2.75, 3.05) is 6.61 Å². The van der Waals surface area contributed by atoms with E-state index in [1.807, 2.05) is 0 Å². The second kappa shape index (κ2) is 3.83. The minimum absolute atomic E-state index is 0.342. The van der Waals surface area contributed by atoms with Crippen LogP contribution in [-0.2, 0) is 0 Å². The van der Waals surface area contributed by atoms with Crippen LogP contribution in [0.5, 0.6) is 0 Å². The first kappa shape index (κ1) is 10.8. The molecule has 0 aromatic carbocycles. The van der Waals surface area contributed by atoms with E-state index in [1.165, 1.54) is 18.4 Å². The predicted molar refractivity (Wildman–Crippen MR) is 56.5 cm³/mol. The summed E-state index contributed by atoms with van der Waals surface area (Å²) in [5.41, 5.74) is 1.89. The van der Waals surface area contributed by atoms with E-state index in [2.05, 4.69) is 33.8 Å². The van der Waals surface area contributed by atoms with Gasteiger partial charge in [0.05, 0.1) is 0 Å². The van der Waals surface area contributed by atoms with Crippen LogP contribution in [-0.4, -0.2) is 11.7 Å². The van der Waals surface area contributed by atoms with Gasteiger partial charge in [-0.25, -0.2) is 0 Å². The smallest absolute Gasteiger partial charge is 0.0459 e. The Morgan fingerprint density at radius 2 is 2.23 bits per heavy atom. The summed E-state index contributed by atoms with van der Waals surface area (Å²) < 4.78 is 0. The van der Waals surface area contributed by atoms with Crippen LogP contribution >= 0.6 is 0 Å². The van der Waals surface area contributed by atoms with Gasteiger partial charge in [-0.15, -0.1) is 0 Å². The highest BCUT2D eigenvalue weighted by molar-refractivity contribution is 5.07. The molecule has 0 bridgehead atoms. The van der Waals surface area contributed by atoms with Crippen LogP contribution in [0.2, 0.25) is 0 Å². The van der Waals surface area contributed by atoms with Crippen LogP contribution in [0.3, 0.4) is 0 Å². The normalized spacial score (nSPS) is 34.1. The maximum atomic E-state index is 9.04. The zero-order valence-corrected chi connectivity index (χ0v) is 9.30. The van der Waals surface area contributed by atoms with Crippen molar-refractivity contribution in [3.05, 3.63) is 11.6 Å². The molecule has 0 radical (unpaired) electrons. The van der Waals surface area contributed by atoms with E-state index in [0.29, 0.717) is 17.9 Å². The fraction of sp³-hybridized carbons (Fsp3) is 0.833. The highest BCUT2D eigenvalue weighted by Gasteiger charge is 2.50. The first-order valence-corrected chi connectivity index (χ1v) is 5.24. The molecule has 3 unspecified atom stereocenters. The third kappa shape index (κ3) is 2.57. The Kier molecular flexibility index (Phi) is 3.18. The molecule has 1 N–H and O–H groups in total. The molecule has 0 heterocycles. The molecular formula is C12H22O. The first-order chi connectivity index (χ1) is 5.99. The quantitative estimate of drug-likeness (QED) is 0.663. The third-order valence-electron chi connectivity index (χ3n) is 3.37. The summed E-state index contributed by atoms with van der Waals surface area (Å²) in [6.45, 7) is 9.13. The number of allylic oxidation sites excluding steroid dienone is 2. The van der Waals surface area contributed by atoms with E-state index < -0.39 is 0 Å². The number of rotatable bonds is 4. The Morgan fingerprint density at radius 3 is 2.69 bits per heavy atom. The average molecular weight is 182 g/mol. The number of hydrogen-bond acceptors (Lipinski definition) is 1. The Balaban J connectivity index is 2.41. The third-order valence-corrected chi connectivity index (χ3v) is 3.37. The number of aliphatic hydroxyl groups excluding tert-OH is 1. The largest absolute Gasteiger partial charge is 0.396 e. The van der Waals surface area contributed by atoms with Crippen LogP contribution in [0.15, 0.2) is 11.6 Å². The van der Waals surface area contributed by atoms with Gasteiger partial charge >= 0.3 is 0 Å². The van der Waals surface area contributed by atoms with Gasteiger partial charge in [-0.1, -0.05) is 25.5 Å². The lowest BCUT2D eigenvalue weighted by atomic mass is 9.94. The molecule has 1 aliphatic rings. The summed E-state index contributed by atoms with van der Waals surface area (Å²) in [7, 11) is 0. The molecule has 0 aromatic heterocycles. The molecule has 1 heteroatoms. The van der Waals surface area contributed by atoms with Crippen LogP contribution in [0.25, 0.3) is 0 Å². The molecule has 0 aromatic rings. The highest BCUT2D eigenvalue weighted by atomic mass is 16.3. The molecule has 76 valence electrons. The van der Waals surface area contributed by atoms with Crippen LogP contribution in [0.4, 0.5) is 0 Å². The minimum atomic E-state index is 0.342. The Morgan fingerprint density at radius 1 is 1.62 bits per heavy atom. The zero-order valence-electron chi connectivity index (χ0n) is 9.30. The van der Waals surface area contributed by atoms with E-state index in [-0.39, 0.29) is 0 Å². The zero-order chi connectivity index (χ0) is 10.1. The van der Waals surface area contributed by atoms with Gasteiger partial charge in [0.1, 0.15) is 0 Å². The van der Waals surface area contributed by atoms with Gasteiger partial charge in [-0.2, -0.15) is 0 Å². The fourth-order valence-electron chi connectivity index (χ4n) is 2.13. The van der Waals surface area contributed by atoms with E-state index >= 15 is 0 Å². The second-order valence-corrected chi connectivity index (χ2v) is 5.11. The highest BCUT2D eigenvalue weighted by Crippen LogP contribution is 2.58. The molecule has 13 heavy (non-hydrogen) atoms. The van der Waals surface area contributed by atoms with E-state index in [4.69, 9.17) is 5.11 Å². The maximum absolute atomic E-state index is 9.04. The molecule has 0 saturated heterocycles. The average Bonchev–Trinajstić information content (AvgIpc) is 2.74. The summed E-state index contributed by atoms with van der Waals surface area (Å²) in [6, 6.07) is 0. The van der Waals surface area contributed by atoms with Crippen molar-refractivity contribution in [2.24, 2.45) is 17.3 Å². The van der Waals surface area contributed by atoms with Crippen molar-refractivity contribution < 1.29 is 5.11 Å². The van der Waals surface area contributed by atoms with Crippen LogP contribution in [0, 0.1) is 17.3 Å². The summed E-state index contributed by atoms with van der Waals surface area (Å²) in [5, 5.41) is 9.04. The van der Waals surface area contributed by atoms with Gasteiger partial charge in [-0.3, -0.25) is 0 Å². The molecule has 1 aliphatic carbocycles. The van der Waals surface area contributed by atoms with E-state index in [9.17, 15) is 0 Å². The van der Waals surface area contributed by atoms with Crippen molar-refractivity contribution in [3.63, 3.8) is 0 Å². The number of hydrogen-bond donors (Lipinski definition) is 1. The maximum Gasteiger partial charge on any atom is 0.0459 e. The molecule has 0 spiro atoms. The Hall–Kier alpha value is -0.300. The van der Waals surface area contributed by atoms with Gasteiger partial charge < -0.3 is 5.11 Å². The number of aliphatic hydroxyl groups is 1. The Labute approximate surface area is 81.9 Å². The van der Waals surface area contributed by atoms with Gasteiger partial charge in [0.15, 0.2) is 0 Å². The lowest BCUT2D eigenvalue weighted by Crippen LogP contribution is -2.09. The first-order valence-electron chi connectivity index (χ1n) is 5.24. The predicted octanol–water partition coefficient (Wildman–Crippen LogP) is 3.00. The molecule has 1 nitrogen and oxygen atoms in total. The van der Waals surface area contributed by atoms with Crippen molar-refractivity contribution in [3.8, 4) is 0 Å². The molecule has 1 saturated carbocycles. The van der Waals surface area contributed by atoms with Crippen LogP contribution < -0.4 is 0 Å². The SMILES string of the molecule is CC(C)=CCC1(C)CC1C(C)CO. The van der Waals surface area contributed by atoms with Crippen molar-refractivity contribution >= 4 is 0 Å². The topological polar surface area (TPSA) is 20.2 Å².